The molecule has 1 saturated heterocycles. The van der Waals surface area contributed by atoms with Crippen molar-refractivity contribution in [3.8, 4) is 0 Å². The lowest BCUT2D eigenvalue weighted by Crippen LogP contribution is -2.45. The van der Waals surface area contributed by atoms with E-state index >= 15 is 0 Å². The Bertz CT molecular complexity index is 449. The molecule has 1 rings (SSSR count). The van der Waals surface area contributed by atoms with E-state index in [1.165, 1.54) is 7.11 Å². The summed E-state index contributed by atoms with van der Waals surface area (Å²) in [7, 11) is 1.50. The van der Waals surface area contributed by atoms with Gasteiger partial charge < -0.3 is 10.1 Å². The highest BCUT2D eigenvalue weighted by molar-refractivity contribution is 6.45. The topological polar surface area (TPSA) is 96.0 Å². The highest BCUT2D eigenvalue weighted by Gasteiger charge is 2.45. The molecule has 1 heterocycles. The van der Waals surface area contributed by atoms with E-state index in [9.17, 15) is 19.2 Å². The molecule has 0 saturated carbocycles. The molecule has 0 unspecified atom stereocenters. The van der Waals surface area contributed by atoms with Crippen LogP contribution in [0.2, 0.25) is 0 Å². The van der Waals surface area contributed by atoms with Crippen LogP contribution in [0.1, 0.15) is 20.8 Å². The predicted molar refractivity (Wildman–Crippen MR) is 73.1 cm³/mol. The van der Waals surface area contributed by atoms with Crippen molar-refractivity contribution in [2.45, 2.75) is 26.8 Å². The maximum atomic E-state index is 12.0. The first kappa shape index (κ1) is 17.1. The normalized spacial score (nSPS) is 16.9. The Kier molecular flexibility index (Phi) is 5.83. The van der Waals surface area contributed by atoms with Gasteiger partial charge in [-0.05, 0) is 12.8 Å². The lowest BCUT2D eigenvalue weighted by atomic mass is 10.2. The van der Waals surface area contributed by atoms with E-state index in [2.05, 4.69) is 5.32 Å². The maximum absolute atomic E-state index is 12.0. The van der Waals surface area contributed by atoms with Gasteiger partial charge in [0.05, 0.1) is 6.61 Å². The van der Waals surface area contributed by atoms with E-state index in [1.54, 1.807) is 6.92 Å². The van der Waals surface area contributed by atoms with Crippen molar-refractivity contribution in [1.82, 2.24) is 15.1 Å². The summed E-state index contributed by atoms with van der Waals surface area (Å²) in [5, 5.41) is 2.58. The number of methoxy groups -OCH3 is 1. The lowest BCUT2D eigenvalue weighted by molar-refractivity contribution is -0.144. The van der Waals surface area contributed by atoms with Gasteiger partial charge >= 0.3 is 17.8 Å². The molecule has 1 N–H and O–H groups in total. The molecular weight excluding hydrogens is 278 g/mol. The molecule has 8 nitrogen and oxygen atoms in total. The van der Waals surface area contributed by atoms with Crippen LogP contribution in [-0.2, 0) is 19.1 Å². The number of carbonyl (C=O) groups is 4. The Hall–Kier alpha value is -1.96. The first-order valence-electron chi connectivity index (χ1n) is 6.73. The Morgan fingerprint density at radius 3 is 2.24 bits per heavy atom. The monoisotopic (exact) mass is 299 g/mol. The summed E-state index contributed by atoms with van der Waals surface area (Å²) in [6, 6.07) is -0.994. The second kappa shape index (κ2) is 7.16. The number of amides is 5. The fourth-order valence-corrected chi connectivity index (χ4v) is 1.97. The van der Waals surface area contributed by atoms with Crippen LogP contribution in [0, 0.1) is 5.92 Å². The molecule has 1 aliphatic rings. The van der Waals surface area contributed by atoms with Gasteiger partial charge in [0.1, 0.15) is 6.54 Å². The second-order valence-electron chi connectivity index (χ2n) is 5.41. The summed E-state index contributed by atoms with van der Waals surface area (Å²) in [6.07, 6.45) is 0. The standard InChI is InChI=1S/C13H21N3O5/c1-8(2)5-15-11(18)12(19)16(13(15)20)6-10(17)14-9(3)7-21-4/h8-9H,5-7H2,1-4H3,(H,14,17)/t9-/m0/s1. The highest BCUT2D eigenvalue weighted by Crippen LogP contribution is 2.13. The fraction of sp³-hybridized carbons (Fsp3) is 0.692. The quantitative estimate of drug-likeness (QED) is 0.509. The Morgan fingerprint density at radius 2 is 1.71 bits per heavy atom. The molecule has 5 amide bonds. The number of rotatable bonds is 7. The van der Waals surface area contributed by atoms with Crippen LogP contribution in [0.3, 0.4) is 0 Å². The first-order chi connectivity index (χ1) is 9.77. The average Bonchev–Trinajstić information content (AvgIpc) is 2.56. The largest absolute Gasteiger partial charge is 0.383 e. The van der Waals surface area contributed by atoms with Gasteiger partial charge in [-0.25, -0.2) is 9.69 Å². The van der Waals surface area contributed by atoms with E-state index in [1.807, 2.05) is 13.8 Å². The van der Waals surface area contributed by atoms with Crippen LogP contribution in [-0.4, -0.2) is 66.4 Å². The van der Waals surface area contributed by atoms with Crippen LogP contribution < -0.4 is 5.32 Å². The van der Waals surface area contributed by atoms with Crippen molar-refractivity contribution in [3.63, 3.8) is 0 Å². The Morgan fingerprint density at radius 1 is 1.14 bits per heavy atom. The van der Waals surface area contributed by atoms with Gasteiger partial charge in [0.25, 0.3) is 0 Å². The summed E-state index contributed by atoms with van der Waals surface area (Å²) in [5.41, 5.74) is 0. The zero-order chi connectivity index (χ0) is 16.2. The van der Waals surface area contributed by atoms with Crippen molar-refractivity contribution in [1.29, 1.82) is 0 Å². The van der Waals surface area contributed by atoms with Gasteiger partial charge in [-0.2, -0.15) is 0 Å². The van der Waals surface area contributed by atoms with Crippen molar-refractivity contribution in [3.05, 3.63) is 0 Å². The highest BCUT2D eigenvalue weighted by atomic mass is 16.5. The molecule has 0 bridgehead atoms. The Labute approximate surface area is 123 Å². The molecule has 8 heteroatoms. The summed E-state index contributed by atoms with van der Waals surface area (Å²) >= 11 is 0. The molecule has 1 atom stereocenters. The predicted octanol–water partition coefficient (Wildman–Crippen LogP) is -0.416. The molecule has 0 spiro atoms. The van der Waals surface area contributed by atoms with Gasteiger partial charge in [-0.1, -0.05) is 13.8 Å². The van der Waals surface area contributed by atoms with Gasteiger partial charge in [0.2, 0.25) is 5.91 Å². The van der Waals surface area contributed by atoms with Gasteiger partial charge in [-0.3, -0.25) is 19.3 Å². The van der Waals surface area contributed by atoms with Crippen LogP contribution in [0.5, 0.6) is 0 Å². The number of hydrogen-bond acceptors (Lipinski definition) is 5. The minimum Gasteiger partial charge on any atom is -0.383 e. The molecule has 0 aromatic heterocycles. The zero-order valence-corrected chi connectivity index (χ0v) is 12.7. The van der Waals surface area contributed by atoms with Crippen LogP contribution in [0.15, 0.2) is 0 Å². The molecule has 0 aromatic rings. The van der Waals surface area contributed by atoms with Crippen molar-refractivity contribution in [2.24, 2.45) is 5.92 Å². The number of imide groups is 2. The molecule has 0 aromatic carbocycles. The smallest absolute Gasteiger partial charge is 0.334 e. The molecule has 1 aliphatic heterocycles. The van der Waals surface area contributed by atoms with Crippen molar-refractivity contribution < 1.29 is 23.9 Å². The average molecular weight is 299 g/mol. The van der Waals surface area contributed by atoms with Crippen LogP contribution in [0.25, 0.3) is 0 Å². The molecule has 21 heavy (non-hydrogen) atoms. The third-order valence-corrected chi connectivity index (χ3v) is 2.81. The van der Waals surface area contributed by atoms with E-state index in [-0.39, 0.29) is 18.5 Å². The number of carbonyl (C=O) groups excluding carboxylic acids is 4. The summed E-state index contributed by atoms with van der Waals surface area (Å²) in [5.74, 6) is -2.32. The first-order valence-corrected chi connectivity index (χ1v) is 6.73. The van der Waals surface area contributed by atoms with E-state index in [0.717, 1.165) is 4.90 Å². The van der Waals surface area contributed by atoms with E-state index in [4.69, 9.17) is 4.74 Å². The SMILES string of the molecule is COC[C@H](C)NC(=O)CN1C(=O)C(=O)N(CC(C)C)C1=O. The molecule has 0 aliphatic carbocycles. The minimum absolute atomic E-state index is 0.0428. The molecule has 1 fully saturated rings. The summed E-state index contributed by atoms with van der Waals surface area (Å²) in [4.78, 5) is 48.8. The van der Waals surface area contributed by atoms with Gasteiger partial charge in [-0.15, -0.1) is 0 Å². The van der Waals surface area contributed by atoms with Crippen molar-refractivity contribution in [2.75, 3.05) is 26.8 Å². The minimum atomic E-state index is -0.963. The van der Waals surface area contributed by atoms with Crippen LogP contribution in [0.4, 0.5) is 4.79 Å². The third-order valence-electron chi connectivity index (χ3n) is 2.81. The number of nitrogens with zero attached hydrogens (tertiary/aromatic N) is 2. The van der Waals surface area contributed by atoms with Crippen molar-refractivity contribution >= 4 is 23.8 Å². The number of urea groups is 1. The third kappa shape index (κ3) is 4.25. The fourth-order valence-electron chi connectivity index (χ4n) is 1.97. The molecular formula is C13H21N3O5. The van der Waals surface area contributed by atoms with E-state index in [0.29, 0.717) is 11.5 Å². The number of nitrogens with one attached hydrogen (secondary N) is 1. The van der Waals surface area contributed by atoms with Gasteiger partial charge in [0.15, 0.2) is 0 Å². The van der Waals surface area contributed by atoms with E-state index < -0.39 is 30.3 Å². The lowest BCUT2D eigenvalue weighted by Gasteiger charge is -2.18. The van der Waals surface area contributed by atoms with Crippen LogP contribution >= 0.6 is 0 Å². The molecule has 118 valence electrons. The summed E-state index contributed by atoms with van der Waals surface area (Å²) in [6.45, 7) is 5.38. The zero-order valence-electron chi connectivity index (χ0n) is 12.7. The Balaban J connectivity index is 2.67. The number of ether oxygens (including phenoxy) is 1. The molecule has 0 radical (unpaired) electrons. The van der Waals surface area contributed by atoms with Gasteiger partial charge in [0, 0.05) is 19.7 Å². The maximum Gasteiger partial charge on any atom is 0.334 e. The second-order valence-corrected chi connectivity index (χ2v) is 5.41. The number of hydrogen-bond donors (Lipinski definition) is 1. The summed E-state index contributed by atoms with van der Waals surface area (Å²) < 4.78 is 4.87.